The lowest BCUT2D eigenvalue weighted by Gasteiger charge is -2.18. The normalized spacial score (nSPS) is 42.0. The smallest absolute Gasteiger partial charge is 0.0594 e. The molecule has 1 fully saturated rings. The van der Waals surface area contributed by atoms with Crippen LogP contribution < -0.4 is 5.32 Å². The van der Waals surface area contributed by atoms with Crippen LogP contribution in [0.25, 0.3) is 0 Å². The van der Waals surface area contributed by atoms with Crippen LogP contribution in [-0.4, -0.2) is 25.3 Å². The van der Waals surface area contributed by atoms with Crippen molar-refractivity contribution >= 4 is 0 Å². The number of hydrogen-bond donors (Lipinski definition) is 1. The summed E-state index contributed by atoms with van der Waals surface area (Å²) in [5.41, 5.74) is 0. The van der Waals surface area contributed by atoms with Crippen molar-refractivity contribution in [3.63, 3.8) is 0 Å². The van der Waals surface area contributed by atoms with E-state index in [4.69, 9.17) is 4.74 Å². The summed E-state index contributed by atoms with van der Waals surface area (Å²) >= 11 is 0. The van der Waals surface area contributed by atoms with Gasteiger partial charge >= 0.3 is 0 Å². The maximum Gasteiger partial charge on any atom is 0.0594 e. The van der Waals surface area contributed by atoms with Gasteiger partial charge in [-0.1, -0.05) is 13.8 Å². The molecule has 1 heterocycles. The number of ether oxygens (including phenoxy) is 1. The third-order valence-electron chi connectivity index (χ3n) is 3.08. The van der Waals surface area contributed by atoms with Gasteiger partial charge in [-0.15, -0.1) is 0 Å². The zero-order chi connectivity index (χ0) is 9.14. The van der Waals surface area contributed by atoms with Crippen molar-refractivity contribution in [2.24, 2.45) is 11.8 Å². The van der Waals surface area contributed by atoms with Gasteiger partial charge in [0.05, 0.1) is 12.2 Å². The first kappa shape index (κ1) is 10.0. The van der Waals surface area contributed by atoms with Crippen LogP contribution in [0, 0.1) is 11.8 Å². The van der Waals surface area contributed by atoms with E-state index >= 15 is 0 Å². The van der Waals surface area contributed by atoms with Gasteiger partial charge in [-0.2, -0.15) is 0 Å². The molecule has 0 saturated carbocycles. The highest BCUT2D eigenvalue weighted by Gasteiger charge is 2.35. The highest BCUT2D eigenvalue weighted by molar-refractivity contribution is 4.84. The Labute approximate surface area is 75.7 Å². The zero-order valence-corrected chi connectivity index (χ0v) is 8.63. The fourth-order valence-corrected chi connectivity index (χ4v) is 2.00. The van der Waals surface area contributed by atoms with Crippen molar-refractivity contribution in [1.82, 2.24) is 5.32 Å². The molecule has 4 atom stereocenters. The minimum absolute atomic E-state index is 0.425. The third kappa shape index (κ3) is 1.99. The Bertz CT molecular complexity index is 138. The Kier molecular flexibility index (Phi) is 3.53. The molecule has 2 nitrogen and oxygen atoms in total. The lowest BCUT2D eigenvalue weighted by molar-refractivity contribution is 0.0512. The second-order valence-corrected chi connectivity index (χ2v) is 3.88. The molecule has 1 rings (SSSR count). The summed E-state index contributed by atoms with van der Waals surface area (Å²) in [6.07, 6.45) is 0.859. The van der Waals surface area contributed by atoms with E-state index in [1.807, 2.05) is 0 Å². The molecule has 1 aliphatic heterocycles. The van der Waals surface area contributed by atoms with Crippen LogP contribution in [0.1, 0.15) is 27.7 Å². The van der Waals surface area contributed by atoms with E-state index in [0.717, 1.165) is 13.1 Å². The van der Waals surface area contributed by atoms with Crippen molar-refractivity contribution in [2.75, 3.05) is 13.1 Å². The van der Waals surface area contributed by atoms with Gasteiger partial charge in [0.25, 0.3) is 0 Å². The molecule has 1 N–H and O–H groups in total. The predicted octanol–water partition coefficient (Wildman–Crippen LogP) is 1.66. The lowest BCUT2D eigenvalue weighted by atomic mass is 9.89. The molecule has 0 aromatic rings. The second kappa shape index (κ2) is 4.24. The van der Waals surface area contributed by atoms with E-state index in [-0.39, 0.29) is 0 Å². The van der Waals surface area contributed by atoms with Crippen molar-refractivity contribution in [3.05, 3.63) is 0 Å². The summed E-state index contributed by atoms with van der Waals surface area (Å²) in [6.45, 7) is 11.0. The number of hydrogen-bond acceptors (Lipinski definition) is 2. The van der Waals surface area contributed by atoms with Gasteiger partial charge in [0.15, 0.2) is 0 Å². The lowest BCUT2D eigenvalue weighted by Crippen LogP contribution is -2.30. The van der Waals surface area contributed by atoms with Crippen LogP contribution in [0.15, 0.2) is 0 Å². The van der Waals surface area contributed by atoms with E-state index in [2.05, 4.69) is 33.0 Å². The minimum Gasteiger partial charge on any atom is -0.375 e. The van der Waals surface area contributed by atoms with Gasteiger partial charge in [-0.05, 0) is 26.3 Å². The summed E-state index contributed by atoms with van der Waals surface area (Å²) in [5.74, 6) is 1.39. The Morgan fingerprint density at radius 1 is 1.17 bits per heavy atom. The van der Waals surface area contributed by atoms with Crippen LogP contribution in [0.5, 0.6) is 0 Å². The molecule has 0 radical (unpaired) electrons. The molecule has 4 unspecified atom stereocenters. The molecule has 0 aliphatic carbocycles. The van der Waals surface area contributed by atoms with Crippen LogP contribution in [0.3, 0.4) is 0 Å². The number of rotatable bonds is 3. The van der Waals surface area contributed by atoms with Gasteiger partial charge in [-0.3, -0.25) is 0 Å². The summed E-state index contributed by atoms with van der Waals surface area (Å²) in [4.78, 5) is 0. The van der Waals surface area contributed by atoms with Crippen LogP contribution in [-0.2, 0) is 4.74 Å². The quantitative estimate of drug-likeness (QED) is 0.697. The van der Waals surface area contributed by atoms with Crippen LogP contribution >= 0.6 is 0 Å². The molecule has 0 aromatic heterocycles. The fourth-order valence-electron chi connectivity index (χ4n) is 2.00. The molecule has 12 heavy (non-hydrogen) atoms. The van der Waals surface area contributed by atoms with E-state index in [1.54, 1.807) is 0 Å². The van der Waals surface area contributed by atoms with E-state index in [0.29, 0.717) is 24.0 Å². The fraction of sp³-hybridized carbons (Fsp3) is 1.00. The average molecular weight is 171 g/mol. The van der Waals surface area contributed by atoms with Gasteiger partial charge in [0.2, 0.25) is 0 Å². The van der Waals surface area contributed by atoms with Gasteiger partial charge < -0.3 is 10.1 Å². The Balaban J connectivity index is 2.40. The predicted molar refractivity (Wildman–Crippen MR) is 51.2 cm³/mol. The van der Waals surface area contributed by atoms with E-state index in [9.17, 15) is 0 Å². The Morgan fingerprint density at radius 2 is 1.83 bits per heavy atom. The first-order valence-electron chi connectivity index (χ1n) is 5.03. The summed E-state index contributed by atoms with van der Waals surface area (Å²) in [6, 6.07) is 0. The molecule has 0 bridgehead atoms. The maximum atomic E-state index is 5.74. The summed E-state index contributed by atoms with van der Waals surface area (Å²) in [5, 5.41) is 3.39. The average Bonchev–Trinajstić information content (AvgIpc) is 2.25. The molecule has 0 spiro atoms. The molecule has 1 saturated heterocycles. The van der Waals surface area contributed by atoms with Crippen molar-refractivity contribution in [2.45, 2.75) is 39.9 Å². The molecule has 1 aliphatic rings. The highest BCUT2D eigenvalue weighted by Crippen LogP contribution is 2.31. The largest absolute Gasteiger partial charge is 0.375 e. The van der Waals surface area contributed by atoms with E-state index in [1.165, 1.54) is 0 Å². The molecule has 72 valence electrons. The third-order valence-corrected chi connectivity index (χ3v) is 3.08. The molecule has 0 amide bonds. The van der Waals surface area contributed by atoms with Crippen molar-refractivity contribution < 1.29 is 4.74 Å². The zero-order valence-electron chi connectivity index (χ0n) is 8.63. The number of nitrogens with one attached hydrogen (secondary N) is 1. The summed E-state index contributed by atoms with van der Waals surface area (Å²) < 4.78 is 5.74. The molecular formula is C10H21NO. The van der Waals surface area contributed by atoms with Crippen LogP contribution in [0.4, 0.5) is 0 Å². The molecule has 0 aromatic carbocycles. The van der Waals surface area contributed by atoms with Gasteiger partial charge in [-0.25, -0.2) is 0 Å². The minimum atomic E-state index is 0.425. The first-order chi connectivity index (χ1) is 5.66. The SMILES string of the molecule is CCNCC1C(C)OC(C)C1C. The monoisotopic (exact) mass is 171 g/mol. The summed E-state index contributed by atoms with van der Waals surface area (Å²) in [7, 11) is 0. The Morgan fingerprint density at radius 3 is 2.25 bits per heavy atom. The van der Waals surface area contributed by atoms with Gasteiger partial charge in [0, 0.05) is 12.5 Å². The standard InChI is InChI=1S/C10H21NO/c1-5-11-6-10-7(2)8(3)12-9(10)4/h7-11H,5-6H2,1-4H3. The van der Waals surface area contributed by atoms with E-state index < -0.39 is 0 Å². The second-order valence-electron chi connectivity index (χ2n) is 3.88. The van der Waals surface area contributed by atoms with Crippen molar-refractivity contribution in [1.29, 1.82) is 0 Å². The van der Waals surface area contributed by atoms with Crippen LogP contribution in [0.2, 0.25) is 0 Å². The van der Waals surface area contributed by atoms with Crippen molar-refractivity contribution in [3.8, 4) is 0 Å². The molecule has 2 heteroatoms. The maximum absolute atomic E-state index is 5.74. The van der Waals surface area contributed by atoms with Gasteiger partial charge in [0.1, 0.15) is 0 Å². The Hall–Kier alpha value is -0.0800. The first-order valence-corrected chi connectivity index (χ1v) is 5.03. The highest BCUT2D eigenvalue weighted by atomic mass is 16.5. The molecular weight excluding hydrogens is 150 g/mol. The topological polar surface area (TPSA) is 21.3 Å².